The molecule has 0 atom stereocenters. The van der Waals surface area contributed by atoms with Crippen LogP contribution in [0.25, 0.3) is 24.3 Å². The number of likely N-dealkylation sites (N-methyl/N-ethyl adjacent to an activating group) is 1. The predicted molar refractivity (Wildman–Crippen MR) is 212 cm³/mol. The molecule has 0 fully saturated rings. The Morgan fingerprint density at radius 2 is 1.33 bits per heavy atom. The van der Waals surface area contributed by atoms with Crippen LogP contribution in [0.5, 0.6) is 23.0 Å². The lowest BCUT2D eigenvalue weighted by atomic mass is 10.1. The zero-order valence-corrected chi connectivity index (χ0v) is 32.3. The van der Waals surface area contributed by atoms with Gasteiger partial charge in [0.15, 0.2) is 23.0 Å². The second-order valence-corrected chi connectivity index (χ2v) is 13.4. The van der Waals surface area contributed by atoms with Gasteiger partial charge in [-0.1, -0.05) is 46.9 Å². The Balaban J connectivity index is 0.000000260. The molecule has 0 saturated heterocycles. The van der Waals surface area contributed by atoms with Gasteiger partial charge in [-0.05, 0) is 76.2 Å². The smallest absolute Gasteiger partial charge is 0.167 e. The highest BCUT2D eigenvalue weighted by Crippen LogP contribution is 2.36. The number of anilines is 2. The molecular formula is C36H47Cl2N5O4S2. The van der Waals surface area contributed by atoms with Crippen LogP contribution in [-0.4, -0.2) is 83.6 Å². The van der Waals surface area contributed by atoms with E-state index in [1.54, 1.807) is 51.1 Å². The summed E-state index contributed by atoms with van der Waals surface area (Å²) >= 11 is 3.47. The van der Waals surface area contributed by atoms with E-state index in [2.05, 4.69) is 46.3 Å². The number of rotatable bonds is 11. The van der Waals surface area contributed by atoms with Crippen LogP contribution in [-0.2, 0) is 12.8 Å². The monoisotopic (exact) mass is 747 g/mol. The van der Waals surface area contributed by atoms with Crippen molar-refractivity contribution in [3.8, 4) is 23.0 Å². The van der Waals surface area contributed by atoms with Crippen molar-refractivity contribution >= 4 is 81.8 Å². The molecule has 4 heterocycles. The minimum absolute atomic E-state index is 0. The van der Waals surface area contributed by atoms with Crippen molar-refractivity contribution in [1.29, 1.82) is 0 Å². The molecule has 0 amide bonds. The number of hydrogen-bond acceptors (Lipinski definition) is 11. The van der Waals surface area contributed by atoms with Crippen molar-refractivity contribution in [3.05, 3.63) is 68.9 Å². The van der Waals surface area contributed by atoms with E-state index in [0.29, 0.717) is 0 Å². The summed E-state index contributed by atoms with van der Waals surface area (Å²) in [4.78, 5) is 14.2. The Labute approximate surface area is 310 Å². The number of para-hydroxylation sites is 2. The van der Waals surface area contributed by atoms with Crippen LogP contribution < -0.4 is 29.2 Å². The third kappa shape index (κ3) is 10.3. The van der Waals surface area contributed by atoms with E-state index in [0.717, 1.165) is 89.6 Å². The Morgan fingerprint density at radius 1 is 0.755 bits per heavy atom. The molecule has 6 rings (SSSR count). The van der Waals surface area contributed by atoms with Crippen LogP contribution >= 0.6 is 47.5 Å². The summed E-state index contributed by atoms with van der Waals surface area (Å²) in [5.74, 6) is 2.97. The van der Waals surface area contributed by atoms with Crippen LogP contribution in [0.15, 0.2) is 36.4 Å². The van der Waals surface area contributed by atoms with Crippen LogP contribution in [0.3, 0.4) is 0 Å². The standard InChI is InChI=1S/C20H27N3O2S.C16H18N2O2S.2ClH/c1-22(2)13-14-23-12-6-8-16-20(23)26-18(21-16)11-10-15-7-5-9-17(24-3)19(15)25-4;1-19-13-7-3-5-11(15(13)20-2)8-9-14-18-12-6-4-10-17-16(12)21-14;;/h5,7,9-11H,6,8,12-14H2,1-4H3;3,5,7-9,17H,4,6,10H2,1-2H3;2*1H. The molecule has 2 aliphatic rings. The van der Waals surface area contributed by atoms with E-state index in [1.807, 2.05) is 48.6 Å². The molecule has 0 saturated carbocycles. The van der Waals surface area contributed by atoms with Crippen LogP contribution in [0.4, 0.5) is 10.0 Å². The Bertz CT molecular complexity index is 1670. The minimum Gasteiger partial charge on any atom is -0.493 e. The second-order valence-electron chi connectivity index (χ2n) is 11.4. The van der Waals surface area contributed by atoms with E-state index < -0.39 is 0 Å². The normalized spacial score (nSPS) is 13.4. The van der Waals surface area contributed by atoms with Gasteiger partial charge in [0, 0.05) is 37.3 Å². The number of fused-ring (bicyclic) bond motifs is 2. The highest BCUT2D eigenvalue weighted by Gasteiger charge is 2.21. The van der Waals surface area contributed by atoms with E-state index in [4.69, 9.17) is 23.9 Å². The predicted octanol–water partition coefficient (Wildman–Crippen LogP) is 8.18. The first-order valence-corrected chi connectivity index (χ1v) is 17.5. The lowest BCUT2D eigenvalue weighted by Gasteiger charge is -2.28. The molecule has 0 spiro atoms. The molecule has 49 heavy (non-hydrogen) atoms. The summed E-state index contributed by atoms with van der Waals surface area (Å²) in [6, 6.07) is 11.7. The molecule has 4 aromatic rings. The summed E-state index contributed by atoms with van der Waals surface area (Å²) < 4.78 is 21.6. The lowest BCUT2D eigenvalue weighted by Crippen LogP contribution is -2.34. The van der Waals surface area contributed by atoms with Gasteiger partial charge >= 0.3 is 0 Å². The largest absolute Gasteiger partial charge is 0.493 e. The Morgan fingerprint density at radius 3 is 1.88 bits per heavy atom. The first kappa shape index (κ1) is 40.0. The number of nitrogens with zero attached hydrogens (tertiary/aromatic N) is 4. The summed E-state index contributed by atoms with van der Waals surface area (Å²) in [6.07, 6.45) is 12.6. The number of thiazole rings is 2. The molecule has 0 aliphatic carbocycles. The van der Waals surface area contributed by atoms with Crippen molar-refractivity contribution in [2.75, 3.05) is 78.9 Å². The fourth-order valence-electron chi connectivity index (χ4n) is 5.53. The Kier molecular flexibility index (Phi) is 16.0. The molecule has 2 aliphatic heterocycles. The number of hydrogen-bond donors (Lipinski definition) is 1. The third-order valence-electron chi connectivity index (χ3n) is 7.91. The number of aryl methyl sites for hydroxylation is 2. The molecule has 2 aromatic carbocycles. The molecule has 2 aromatic heterocycles. The zero-order valence-electron chi connectivity index (χ0n) is 29.0. The van der Waals surface area contributed by atoms with Crippen molar-refractivity contribution in [2.24, 2.45) is 0 Å². The number of ether oxygens (including phenoxy) is 4. The lowest BCUT2D eigenvalue weighted by molar-refractivity contribution is 0.354. The fraction of sp³-hybridized carbons (Fsp3) is 0.389. The quantitative estimate of drug-likeness (QED) is 0.163. The van der Waals surface area contributed by atoms with Gasteiger partial charge in [0.2, 0.25) is 0 Å². The second kappa shape index (κ2) is 19.6. The number of halogens is 2. The maximum Gasteiger partial charge on any atom is 0.167 e. The Hall–Kier alpha value is -3.48. The van der Waals surface area contributed by atoms with Crippen LogP contribution in [0.1, 0.15) is 45.4 Å². The molecule has 0 bridgehead atoms. The molecule has 0 radical (unpaired) electrons. The summed E-state index contributed by atoms with van der Waals surface area (Å²) in [6.45, 7) is 4.27. The van der Waals surface area contributed by atoms with Gasteiger partial charge in [0.05, 0.1) is 39.8 Å². The number of benzene rings is 2. The summed E-state index contributed by atoms with van der Waals surface area (Å²) in [5, 5.41) is 7.99. The molecule has 1 N–H and O–H groups in total. The van der Waals surface area contributed by atoms with E-state index in [1.165, 1.54) is 27.8 Å². The van der Waals surface area contributed by atoms with Crippen molar-refractivity contribution < 1.29 is 18.9 Å². The van der Waals surface area contributed by atoms with Crippen LogP contribution in [0.2, 0.25) is 0 Å². The first-order valence-electron chi connectivity index (χ1n) is 15.8. The molecule has 266 valence electrons. The van der Waals surface area contributed by atoms with Crippen LogP contribution in [0, 0.1) is 0 Å². The van der Waals surface area contributed by atoms with Gasteiger partial charge in [0.25, 0.3) is 0 Å². The van der Waals surface area contributed by atoms with Gasteiger partial charge in [-0.3, -0.25) is 0 Å². The highest BCUT2D eigenvalue weighted by molar-refractivity contribution is 7.17. The molecular weight excluding hydrogens is 701 g/mol. The van der Waals surface area contributed by atoms with E-state index in [9.17, 15) is 0 Å². The van der Waals surface area contributed by atoms with E-state index >= 15 is 0 Å². The number of methoxy groups -OCH3 is 4. The molecule has 9 nitrogen and oxygen atoms in total. The maximum absolute atomic E-state index is 5.50. The maximum atomic E-state index is 5.50. The van der Waals surface area contributed by atoms with Gasteiger partial charge < -0.3 is 34.1 Å². The molecule has 13 heteroatoms. The topological polar surface area (TPSA) is 81.2 Å². The van der Waals surface area contributed by atoms with Gasteiger partial charge in [0.1, 0.15) is 20.0 Å². The SMILES string of the molecule is COc1cccc(C=Cc2nc3c(s2)N(CCN(C)C)CCC3)c1OC.COc1cccc(C=Cc2nc3c(s2)NCCC3)c1OC.Cl.Cl. The zero-order chi connectivity index (χ0) is 33.2. The number of nitrogens with one attached hydrogen (secondary N) is 1. The highest BCUT2D eigenvalue weighted by atomic mass is 35.5. The summed E-state index contributed by atoms with van der Waals surface area (Å²) in [5.41, 5.74) is 4.39. The van der Waals surface area contributed by atoms with Gasteiger partial charge in [-0.15, -0.1) is 24.8 Å². The van der Waals surface area contributed by atoms with Crippen molar-refractivity contribution in [3.63, 3.8) is 0 Å². The first-order chi connectivity index (χ1) is 22.9. The number of aromatic nitrogens is 2. The summed E-state index contributed by atoms with van der Waals surface area (Å²) in [7, 11) is 10.9. The van der Waals surface area contributed by atoms with Gasteiger partial charge in [-0.2, -0.15) is 0 Å². The van der Waals surface area contributed by atoms with Gasteiger partial charge in [-0.25, -0.2) is 9.97 Å². The van der Waals surface area contributed by atoms with Crippen molar-refractivity contribution in [1.82, 2.24) is 14.9 Å². The minimum atomic E-state index is 0. The third-order valence-corrected chi connectivity index (χ3v) is 10.1. The molecule has 0 unspecified atom stereocenters. The average molecular weight is 749 g/mol. The van der Waals surface area contributed by atoms with E-state index in [-0.39, 0.29) is 24.8 Å². The van der Waals surface area contributed by atoms with Crippen molar-refractivity contribution in [2.45, 2.75) is 25.7 Å². The average Bonchev–Trinajstić information content (AvgIpc) is 3.72. The fourth-order valence-corrected chi connectivity index (χ4v) is 7.54.